The van der Waals surface area contributed by atoms with E-state index in [2.05, 4.69) is 10.3 Å². The van der Waals surface area contributed by atoms with Crippen LogP contribution in [0.25, 0.3) is 21.7 Å². The smallest absolute Gasteiger partial charge is 0.134 e. The number of benzene rings is 2. The van der Waals surface area contributed by atoms with E-state index in [1.165, 1.54) is 0 Å². The van der Waals surface area contributed by atoms with Crippen LogP contribution in [0, 0.1) is 0 Å². The van der Waals surface area contributed by atoms with E-state index in [0.717, 1.165) is 28.4 Å². The Morgan fingerprint density at radius 2 is 1.86 bits per heavy atom. The van der Waals surface area contributed by atoms with Gasteiger partial charge in [-0.3, -0.25) is 0 Å². The SMILES string of the molecule is CC[C@H](CO)Nc1nc2c(Cl)cc(Cl)cc2c2ccccc12. The molecule has 1 aromatic heterocycles. The first-order chi connectivity index (χ1) is 10.6. The maximum Gasteiger partial charge on any atom is 0.134 e. The van der Waals surface area contributed by atoms with Crippen molar-refractivity contribution in [1.29, 1.82) is 0 Å². The lowest BCUT2D eigenvalue weighted by Gasteiger charge is -2.18. The Hall–Kier alpha value is -1.55. The average Bonchev–Trinajstić information content (AvgIpc) is 2.53. The molecule has 0 bridgehead atoms. The van der Waals surface area contributed by atoms with Crippen molar-refractivity contribution in [2.75, 3.05) is 11.9 Å². The van der Waals surface area contributed by atoms with Crippen LogP contribution in [0.15, 0.2) is 36.4 Å². The van der Waals surface area contributed by atoms with Gasteiger partial charge >= 0.3 is 0 Å². The van der Waals surface area contributed by atoms with E-state index in [0.29, 0.717) is 15.6 Å². The van der Waals surface area contributed by atoms with E-state index < -0.39 is 0 Å². The van der Waals surface area contributed by atoms with E-state index >= 15 is 0 Å². The van der Waals surface area contributed by atoms with Gasteiger partial charge in [-0.05, 0) is 23.9 Å². The third-order valence-electron chi connectivity index (χ3n) is 3.78. The number of rotatable bonds is 4. The van der Waals surface area contributed by atoms with Gasteiger partial charge in [-0.2, -0.15) is 0 Å². The number of hydrogen-bond acceptors (Lipinski definition) is 3. The largest absolute Gasteiger partial charge is 0.394 e. The summed E-state index contributed by atoms with van der Waals surface area (Å²) < 4.78 is 0. The predicted molar refractivity (Wildman–Crippen MR) is 94.1 cm³/mol. The zero-order valence-corrected chi connectivity index (χ0v) is 13.6. The third-order valence-corrected chi connectivity index (χ3v) is 4.28. The maximum absolute atomic E-state index is 9.43. The average molecular weight is 335 g/mol. The van der Waals surface area contributed by atoms with Gasteiger partial charge in [0.25, 0.3) is 0 Å². The van der Waals surface area contributed by atoms with Gasteiger partial charge in [0.15, 0.2) is 0 Å². The molecule has 5 heteroatoms. The molecule has 0 fully saturated rings. The minimum absolute atomic E-state index is 0.0422. The highest BCUT2D eigenvalue weighted by molar-refractivity contribution is 6.39. The Bertz CT molecular complexity index is 832. The molecular formula is C17H16Cl2N2O. The fourth-order valence-corrected chi connectivity index (χ4v) is 3.10. The topological polar surface area (TPSA) is 45.1 Å². The number of aromatic nitrogens is 1. The Morgan fingerprint density at radius 3 is 2.55 bits per heavy atom. The van der Waals surface area contributed by atoms with E-state index in [9.17, 15) is 5.11 Å². The second-order valence-electron chi connectivity index (χ2n) is 5.22. The molecule has 0 unspecified atom stereocenters. The molecule has 114 valence electrons. The summed E-state index contributed by atoms with van der Waals surface area (Å²) in [6.07, 6.45) is 0.804. The van der Waals surface area contributed by atoms with Crippen molar-refractivity contribution in [2.24, 2.45) is 0 Å². The molecule has 0 amide bonds. The number of aliphatic hydroxyl groups excluding tert-OH is 1. The van der Waals surface area contributed by atoms with Crippen molar-refractivity contribution in [1.82, 2.24) is 4.98 Å². The summed E-state index contributed by atoms with van der Waals surface area (Å²) in [6, 6.07) is 11.5. The van der Waals surface area contributed by atoms with Crippen LogP contribution in [0.1, 0.15) is 13.3 Å². The highest BCUT2D eigenvalue weighted by atomic mass is 35.5. The molecule has 0 aliphatic rings. The number of fused-ring (bicyclic) bond motifs is 3. The quantitative estimate of drug-likeness (QED) is 0.668. The van der Waals surface area contributed by atoms with Gasteiger partial charge in [0.2, 0.25) is 0 Å². The normalized spacial score (nSPS) is 12.7. The molecule has 3 nitrogen and oxygen atoms in total. The van der Waals surface area contributed by atoms with Crippen molar-refractivity contribution in [3.63, 3.8) is 0 Å². The van der Waals surface area contributed by atoms with Crippen LogP contribution in [0.4, 0.5) is 5.82 Å². The summed E-state index contributed by atoms with van der Waals surface area (Å²) >= 11 is 12.4. The van der Waals surface area contributed by atoms with Crippen LogP contribution in [-0.2, 0) is 0 Å². The molecule has 2 aromatic carbocycles. The van der Waals surface area contributed by atoms with Gasteiger partial charge in [-0.15, -0.1) is 0 Å². The molecule has 0 spiro atoms. The summed E-state index contributed by atoms with van der Waals surface area (Å²) in [5, 5.41) is 16.8. The van der Waals surface area contributed by atoms with E-state index in [1.807, 2.05) is 37.3 Å². The maximum atomic E-state index is 9.43. The summed E-state index contributed by atoms with van der Waals surface area (Å²) in [5.41, 5.74) is 0.708. The Balaban J connectivity index is 2.31. The van der Waals surface area contributed by atoms with Crippen molar-refractivity contribution < 1.29 is 5.11 Å². The number of halogens is 2. The molecule has 1 atom stereocenters. The molecule has 2 N–H and O–H groups in total. The van der Waals surface area contributed by atoms with Crippen molar-refractivity contribution in [3.8, 4) is 0 Å². The Kier molecular flexibility index (Phi) is 4.39. The van der Waals surface area contributed by atoms with Crippen LogP contribution in [0.3, 0.4) is 0 Å². The predicted octanol–water partition coefficient (Wildman–Crippen LogP) is 4.88. The van der Waals surface area contributed by atoms with Crippen LogP contribution in [0.5, 0.6) is 0 Å². The number of nitrogens with zero attached hydrogens (tertiary/aromatic N) is 1. The van der Waals surface area contributed by atoms with Crippen LogP contribution >= 0.6 is 23.2 Å². The first-order valence-electron chi connectivity index (χ1n) is 7.19. The lowest BCUT2D eigenvalue weighted by atomic mass is 10.1. The first kappa shape index (κ1) is 15.3. The van der Waals surface area contributed by atoms with E-state index in [-0.39, 0.29) is 12.6 Å². The molecule has 0 aliphatic carbocycles. The molecule has 0 aliphatic heterocycles. The molecule has 0 saturated carbocycles. The molecule has 3 rings (SSSR count). The van der Waals surface area contributed by atoms with Crippen molar-refractivity contribution in [3.05, 3.63) is 46.4 Å². The highest BCUT2D eigenvalue weighted by Gasteiger charge is 2.13. The number of anilines is 1. The number of hydrogen-bond donors (Lipinski definition) is 2. The highest BCUT2D eigenvalue weighted by Crippen LogP contribution is 2.35. The Labute approximate surface area is 138 Å². The number of nitrogens with one attached hydrogen (secondary N) is 1. The van der Waals surface area contributed by atoms with Crippen LogP contribution in [0.2, 0.25) is 10.0 Å². The molecule has 0 radical (unpaired) electrons. The molecule has 3 aromatic rings. The van der Waals surface area contributed by atoms with E-state index in [4.69, 9.17) is 23.2 Å². The van der Waals surface area contributed by atoms with Crippen molar-refractivity contribution in [2.45, 2.75) is 19.4 Å². The lowest BCUT2D eigenvalue weighted by Crippen LogP contribution is -2.23. The van der Waals surface area contributed by atoms with Gasteiger partial charge in [0.1, 0.15) is 5.82 Å². The van der Waals surface area contributed by atoms with Gasteiger partial charge in [0, 0.05) is 15.8 Å². The van der Waals surface area contributed by atoms with Gasteiger partial charge in [-0.25, -0.2) is 4.98 Å². The number of pyridine rings is 1. The zero-order valence-electron chi connectivity index (χ0n) is 12.1. The first-order valence-corrected chi connectivity index (χ1v) is 7.94. The van der Waals surface area contributed by atoms with Gasteiger partial charge < -0.3 is 10.4 Å². The Morgan fingerprint density at radius 1 is 1.14 bits per heavy atom. The molecule has 22 heavy (non-hydrogen) atoms. The minimum atomic E-state index is -0.0422. The summed E-state index contributed by atoms with van der Waals surface area (Å²) in [5.74, 6) is 0.730. The van der Waals surface area contributed by atoms with Crippen LogP contribution < -0.4 is 5.32 Å². The third kappa shape index (κ3) is 2.72. The van der Waals surface area contributed by atoms with Crippen molar-refractivity contribution >= 4 is 50.7 Å². The van der Waals surface area contributed by atoms with Gasteiger partial charge in [0.05, 0.1) is 23.2 Å². The molecule has 1 heterocycles. The molecule has 0 saturated heterocycles. The molecular weight excluding hydrogens is 319 g/mol. The zero-order chi connectivity index (χ0) is 15.7. The second-order valence-corrected chi connectivity index (χ2v) is 6.07. The summed E-state index contributed by atoms with van der Waals surface area (Å²) in [7, 11) is 0. The fourth-order valence-electron chi connectivity index (χ4n) is 2.56. The standard InChI is InChI=1S/C17H16Cl2N2O/c1-2-11(9-22)20-17-13-6-4-3-5-12(13)14-7-10(18)8-15(19)16(14)21-17/h3-8,11,22H,2,9H2,1H3,(H,20,21)/t11-/m1/s1. The minimum Gasteiger partial charge on any atom is -0.394 e. The fraction of sp³-hybridized carbons (Fsp3) is 0.235. The van der Waals surface area contributed by atoms with Crippen LogP contribution in [-0.4, -0.2) is 22.7 Å². The van der Waals surface area contributed by atoms with Gasteiger partial charge in [-0.1, -0.05) is 54.4 Å². The summed E-state index contributed by atoms with van der Waals surface area (Å²) in [4.78, 5) is 4.67. The number of aliphatic hydroxyl groups is 1. The monoisotopic (exact) mass is 334 g/mol. The summed E-state index contributed by atoms with van der Waals surface area (Å²) in [6.45, 7) is 2.07. The van der Waals surface area contributed by atoms with E-state index in [1.54, 1.807) is 6.07 Å². The lowest BCUT2D eigenvalue weighted by molar-refractivity contribution is 0.271. The second kappa shape index (κ2) is 6.29.